The van der Waals surface area contributed by atoms with Crippen LogP contribution in [0.1, 0.15) is 23.1 Å². The zero-order chi connectivity index (χ0) is 13.9. The van der Waals surface area contributed by atoms with Gasteiger partial charge in [-0.1, -0.05) is 12.0 Å². The average molecular weight is 298 g/mol. The van der Waals surface area contributed by atoms with E-state index >= 15 is 0 Å². The third-order valence-electron chi connectivity index (χ3n) is 2.99. The number of nitrogens with zero attached hydrogens (tertiary/aromatic N) is 1. The van der Waals surface area contributed by atoms with E-state index in [0.717, 1.165) is 23.4 Å². The molecule has 20 heavy (non-hydrogen) atoms. The number of aromatic nitrogens is 1. The fourth-order valence-electron chi connectivity index (χ4n) is 2.04. The molecule has 100 valence electrons. The SMILES string of the molecule is CC#Cc1cc(NCc2cccs2)c2scc(C)c2n1. The molecular formula is C16H14N2S2. The van der Waals surface area contributed by atoms with Crippen molar-refractivity contribution < 1.29 is 0 Å². The highest BCUT2D eigenvalue weighted by Crippen LogP contribution is 2.31. The molecule has 3 rings (SSSR count). The Hall–Kier alpha value is -1.83. The summed E-state index contributed by atoms with van der Waals surface area (Å²) in [6, 6.07) is 6.26. The lowest BCUT2D eigenvalue weighted by Crippen LogP contribution is -1.99. The van der Waals surface area contributed by atoms with Crippen LogP contribution in [0.2, 0.25) is 0 Å². The van der Waals surface area contributed by atoms with Crippen molar-refractivity contribution >= 4 is 38.6 Å². The normalized spacial score (nSPS) is 10.3. The second-order valence-electron chi connectivity index (χ2n) is 4.46. The van der Waals surface area contributed by atoms with Crippen molar-refractivity contribution in [3.63, 3.8) is 0 Å². The highest BCUT2D eigenvalue weighted by molar-refractivity contribution is 7.18. The maximum Gasteiger partial charge on any atom is 0.116 e. The lowest BCUT2D eigenvalue weighted by Gasteiger charge is -2.07. The van der Waals surface area contributed by atoms with Crippen molar-refractivity contribution in [3.8, 4) is 11.8 Å². The molecule has 1 N–H and O–H groups in total. The van der Waals surface area contributed by atoms with Gasteiger partial charge in [0.25, 0.3) is 0 Å². The molecule has 3 heterocycles. The first-order chi connectivity index (χ1) is 9.78. The molecule has 0 unspecified atom stereocenters. The van der Waals surface area contributed by atoms with Gasteiger partial charge in [-0.25, -0.2) is 4.98 Å². The van der Waals surface area contributed by atoms with Crippen LogP contribution in [0, 0.1) is 18.8 Å². The van der Waals surface area contributed by atoms with Gasteiger partial charge in [0.05, 0.1) is 15.9 Å². The Morgan fingerprint density at radius 1 is 1.35 bits per heavy atom. The molecule has 0 aliphatic heterocycles. The zero-order valence-electron chi connectivity index (χ0n) is 11.4. The fourth-order valence-corrected chi connectivity index (χ4v) is 3.67. The van der Waals surface area contributed by atoms with E-state index in [1.807, 2.05) is 13.0 Å². The van der Waals surface area contributed by atoms with E-state index in [9.17, 15) is 0 Å². The van der Waals surface area contributed by atoms with Gasteiger partial charge in [-0.05, 0) is 48.2 Å². The van der Waals surface area contributed by atoms with Crippen LogP contribution in [0.25, 0.3) is 10.2 Å². The molecular weight excluding hydrogens is 284 g/mol. The molecule has 0 atom stereocenters. The smallest absolute Gasteiger partial charge is 0.116 e. The topological polar surface area (TPSA) is 24.9 Å². The van der Waals surface area contributed by atoms with E-state index in [2.05, 4.69) is 52.0 Å². The van der Waals surface area contributed by atoms with Gasteiger partial charge in [0.15, 0.2) is 0 Å². The summed E-state index contributed by atoms with van der Waals surface area (Å²) in [5, 5.41) is 7.76. The largest absolute Gasteiger partial charge is 0.379 e. The van der Waals surface area contributed by atoms with Crippen LogP contribution in [0.15, 0.2) is 29.0 Å². The maximum absolute atomic E-state index is 4.63. The summed E-state index contributed by atoms with van der Waals surface area (Å²) in [5.74, 6) is 5.98. The minimum Gasteiger partial charge on any atom is -0.379 e. The number of aryl methyl sites for hydroxylation is 1. The van der Waals surface area contributed by atoms with Crippen LogP contribution in [-0.2, 0) is 6.54 Å². The molecule has 2 nitrogen and oxygen atoms in total. The van der Waals surface area contributed by atoms with E-state index in [1.54, 1.807) is 22.7 Å². The second kappa shape index (κ2) is 5.66. The second-order valence-corrected chi connectivity index (χ2v) is 6.37. The molecule has 4 heteroatoms. The van der Waals surface area contributed by atoms with Crippen molar-refractivity contribution in [3.05, 3.63) is 45.1 Å². The van der Waals surface area contributed by atoms with Gasteiger partial charge in [0.2, 0.25) is 0 Å². The molecule has 0 saturated heterocycles. The zero-order valence-corrected chi connectivity index (χ0v) is 13.0. The fraction of sp³-hybridized carbons (Fsp3) is 0.188. The number of nitrogens with one attached hydrogen (secondary N) is 1. The summed E-state index contributed by atoms with van der Waals surface area (Å²) in [7, 11) is 0. The van der Waals surface area contributed by atoms with Crippen molar-refractivity contribution in [1.82, 2.24) is 4.98 Å². The molecule has 0 saturated carbocycles. The summed E-state index contributed by atoms with van der Waals surface area (Å²) >= 11 is 3.50. The Labute approximate surface area is 126 Å². The summed E-state index contributed by atoms with van der Waals surface area (Å²) in [4.78, 5) is 5.95. The number of pyridine rings is 1. The molecule has 0 amide bonds. The molecule has 0 fully saturated rings. The number of thiophene rings is 2. The lowest BCUT2D eigenvalue weighted by molar-refractivity contribution is 1.19. The van der Waals surface area contributed by atoms with Gasteiger partial charge in [0.1, 0.15) is 5.69 Å². The van der Waals surface area contributed by atoms with Gasteiger partial charge < -0.3 is 5.32 Å². The number of hydrogen-bond donors (Lipinski definition) is 1. The molecule has 0 radical (unpaired) electrons. The van der Waals surface area contributed by atoms with Crippen LogP contribution in [-0.4, -0.2) is 4.98 Å². The van der Waals surface area contributed by atoms with Crippen LogP contribution < -0.4 is 5.32 Å². The Morgan fingerprint density at radius 3 is 3.00 bits per heavy atom. The third kappa shape index (κ3) is 2.55. The van der Waals surface area contributed by atoms with Gasteiger partial charge in [-0.15, -0.1) is 22.7 Å². The molecule has 3 aromatic rings. The minimum absolute atomic E-state index is 0.829. The van der Waals surface area contributed by atoms with Crippen molar-refractivity contribution in [2.45, 2.75) is 20.4 Å². The first-order valence-corrected chi connectivity index (χ1v) is 8.11. The monoisotopic (exact) mass is 298 g/mol. The standard InChI is InChI=1S/C16H14N2S2/c1-3-5-12-8-14(17-9-13-6-4-7-19-13)16-15(18-12)11(2)10-20-16/h4,6-8,10H,9H2,1-2H3,(H,17,18). The lowest BCUT2D eigenvalue weighted by atomic mass is 10.2. The maximum atomic E-state index is 4.63. The third-order valence-corrected chi connectivity index (χ3v) is 4.98. The molecule has 0 aliphatic rings. The number of hydrogen-bond acceptors (Lipinski definition) is 4. The first-order valence-electron chi connectivity index (χ1n) is 6.36. The Balaban J connectivity index is 2.00. The van der Waals surface area contributed by atoms with Crippen LogP contribution in [0.4, 0.5) is 5.69 Å². The summed E-state index contributed by atoms with van der Waals surface area (Å²) in [6.45, 7) is 4.77. The Bertz CT molecular complexity index is 789. The van der Waals surface area contributed by atoms with Gasteiger partial charge in [-0.3, -0.25) is 0 Å². The summed E-state index contributed by atoms with van der Waals surface area (Å²) in [5.41, 5.74) is 4.22. The van der Waals surface area contributed by atoms with E-state index in [4.69, 9.17) is 0 Å². The molecule has 3 aromatic heterocycles. The number of fused-ring (bicyclic) bond motifs is 1. The molecule has 0 bridgehead atoms. The minimum atomic E-state index is 0.829. The quantitative estimate of drug-likeness (QED) is 0.712. The molecule has 0 aliphatic carbocycles. The van der Waals surface area contributed by atoms with E-state index in [1.165, 1.54) is 15.1 Å². The Morgan fingerprint density at radius 2 is 2.25 bits per heavy atom. The van der Waals surface area contributed by atoms with E-state index < -0.39 is 0 Å². The van der Waals surface area contributed by atoms with Gasteiger partial charge >= 0.3 is 0 Å². The number of rotatable bonds is 3. The van der Waals surface area contributed by atoms with Gasteiger partial charge in [-0.2, -0.15) is 0 Å². The van der Waals surface area contributed by atoms with Crippen molar-refractivity contribution in [2.24, 2.45) is 0 Å². The molecule has 0 spiro atoms. The van der Waals surface area contributed by atoms with Crippen molar-refractivity contribution in [2.75, 3.05) is 5.32 Å². The first kappa shape index (κ1) is 13.2. The molecule has 0 aromatic carbocycles. The van der Waals surface area contributed by atoms with Crippen LogP contribution >= 0.6 is 22.7 Å². The predicted molar refractivity (Wildman–Crippen MR) is 88.6 cm³/mol. The highest BCUT2D eigenvalue weighted by Gasteiger charge is 2.09. The average Bonchev–Trinajstić information content (AvgIpc) is 3.07. The van der Waals surface area contributed by atoms with Crippen LogP contribution in [0.5, 0.6) is 0 Å². The van der Waals surface area contributed by atoms with Crippen LogP contribution in [0.3, 0.4) is 0 Å². The van der Waals surface area contributed by atoms with E-state index in [0.29, 0.717) is 0 Å². The summed E-state index contributed by atoms with van der Waals surface area (Å²) in [6.07, 6.45) is 0. The van der Waals surface area contributed by atoms with Gasteiger partial charge in [0, 0.05) is 11.4 Å². The number of anilines is 1. The van der Waals surface area contributed by atoms with E-state index in [-0.39, 0.29) is 0 Å². The Kier molecular flexibility index (Phi) is 3.72. The summed E-state index contributed by atoms with van der Waals surface area (Å²) < 4.78 is 1.21. The van der Waals surface area contributed by atoms with Crippen molar-refractivity contribution in [1.29, 1.82) is 0 Å². The predicted octanol–water partition coefficient (Wildman–Crippen LogP) is 4.65. The highest BCUT2D eigenvalue weighted by atomic mass is 32.1.